The first-order valence-corrected chi connectivity index (χ1v) is 30.0. The Morgan fingerprint density at radius 2 is 0.955 bits per heavy atom. The summed E-state index contributed by atoms with van der Waals surface area (Å²) < 4.78 is 0. The predicted molar refractivity (Wildman–Crippen MR) is 335 cm³/mol. The maximum absolute atomic E-state index is 15.0. The van der Waals surface area contributed by atoms with Crippen LogP contribution in [-0.4, -0.2) is 136 Å². The zero-order chi connectivity index (χ0) is 65.2. The molecule has 0 radical (unpaired) electrons. The number of aliphatic imine (C=N–C) groups is 1. The molecule has 0 fully saturated rings. The first kappa shape index (κ1) is 71.6. The number of benzene rings is 3. The molecular weight excluding hydrogens is 1130 g/mol. The number of aliphatic carboxylic acids is 1. The molecule has 25 heteroatoms. The summed E-state index contributed by atoms with van der Waals surface area (Å²) in [6.45, 7) is 14.1. The van der Waals surface area contributed by atoms with Crippen molar-refractivity contribution in [2.45, 2.75) is 174 Å². The van der Waals surface area contributed by atoms with E-state index in [1.807, 2.05) is 64.1 Å². The number of hydrogen-bond donors (Lipinski definition) is 14. The zero-order valence-corrected chi connectivity index (χ0v) is 51.7. The maximum Gasteiger partial charge on any atom is 0.326 e. The monoisotopic (exact) mass is 1220 g/mol. The number of amides is 9. The molecule has 0 bridgehead atoms. The fourth-order valence-corrected chi connectivity index (χ4v) is 9.84. The number of guanidine groups is 1. The SMILES string of the molecule is CC[C@H](C)[C@H](NC(=O)[C@H](CCCN=C(N)N)NC(=O)[C@H](Cc1c[nH]c2ccccc12)NC(=O)[C@H](CCC(N)=O)NC(=O)[C@H](CC(C)C)NC(=O)[C@H](CC(C)C)NC(=O)[C@@H](N)Cc1ccccc1)C(=O)N[C@@H](Cc1ccccc1)C(=O)N[C@H](C(=O)O)C(C)C. The molecule has 18 N–H and O–H groups in total. The van der Waals surface area contributed by atoms with E-state index in [-0.39, 0.29) is 75.7 Å². The Morgan fingerprint density at radius 3 is 1.49 bits per heavy atom. The molecule has 0 aliphatic heterocycles. The predicted octanol–water partition coefficient (Wildman–Crippen LogP) is 1.60. The van der Waals surface area contributed by atoms with E-state index in [2.05, 4.69) is 52.5 Å². The molecule has 1 heterocycles. The lowest BCUT2D eigenvalue weighted by atomic mass is 9.96. The number of carboxylic acids is 1. The molecular formula is C63H92N14O11. The topological polar surface area (TPSA) is 419 Å². The van der Waals surface area contributed by atoms with E-state index in [1.165, 1.54) is 0 Å². The number of carbonyl (C=O) groups excluding carboxylic acids is 9. The van der Waals surface area contributed by atoms with Gasteiger partial charge in [0.05, 0.1) is 6.04 Å². The number of fused-ring (bicyclic) bond motifs is 1. The van der Waals surface area contributed by atoms with Crippen molar-refractivity contribution in [3.63, 3.8) is 0 Å². The van der Waals surface area contributed by atoms with Gasteiger partial charge in [0.1, 0.15) is 48.3 Å². The molecule has 0 saturated heterocycles. The van der Waals surface area contributed by atoms with E-state index in [1.54, 1.807) is 82.4 Å². The quantitative estimate of drug-likeness (QED) is 0.0173. The van der Waals surface area contributed by atoms with Crippen LogP contribution in [0, 0.1) is 23.7 Å². The van der Waals surface area contributed by atoms with Crippen molar-refractivity contribution in [2.24, 2.45) is 51.6 Å². The molecule has 4 aromatic rings. The van der Waals surface area contributed by atoms with E-state index >= 15 is 4.79 Å². The first-order valence-electron chi connectivity index (χ1n) is 30.0. The number of H-pyrrole nitrogens is 1. The van der Waals surface area contributed by atoms with Crippen LogP contribution < -0.4 is 65.5 Å². The number of nitrogens with zero attached hydrogens (tertiary/aromatic N) is 1. The third kappa shape index (κ3) is 23.8. The molecule has 4 rings (SSSR count). The van der Waals surface area contributed by atoms with E-state index in [0.717, 1.165) is 5.56 Å². The van der Waals surface area contributed by atoms with Crippen LogP contribution in [0.4, 0.5) is 0 Å². The van der Waals surface area contributed by atoms with Crippen LogP contribution in [0.2, 0.25) is 0 Å². The Hall–Kier alpha value is -8.87. The molecule has 0 saturated carbocycles. The minimum atomic E-state index is -1.53. The van der Waals surface area contributed by atoms with Gasteiger partial charge >= 0.3 is 5.97 Å². The molecule has 0 aliphatic rings. The van der Waals surface area contributed by atoms with Crippen molar-refractivity contribution in [3.05, 3.63) is 108 Å². The number of carbonyl (C=O) groups is 10. The average Bonchev–Trinajstić information content (AvgIpc) is 3.55. The van der Waals surface area contributed by atoms with Crippen molar-refractivity contribution >= 4 is 76.0 Å². The van der Waals surface area contributed by atoms with Crippen molar-refractivity contribution in [3.8, 4) is 0 Å². The fraction of sp³-hybridized carbons (Fsp3) is 0.508. The molecule has 0 unspecified atom stereocenters. The van der Waals surface area contributed by atoms with Gasteiger partial charge in [0.25, 0.3) is 0 Å². The van der Waals surface area contributed by atoms with Crippen LogP contribution in [0.1, 0.15) is 117 Å². The van der Waals surface area contributed by atoms with Crippen molar-refractivity contribution in [2.75, 3.05) is 6.54 Å². The number of para-hydroxylation sites is 1. The second-order valence-electron chi connectivity index (χ2n) is 23.6. The van der Waals surface area contributed by atoms with Crippen LogP contribution in [0.25, 0.3) is 10.9 Å². The summed E-state index contributed by atoms with van der Waals surface area (Å²) in [5.41, 5.74) is 25.9. The van der Waals surface area contributed by atoms with E-state index in [9.17, 15) is 48.3 Å². The van der Waals surface area contributed by atoms with Crippen LogP contribution in [-0.2, 0) is 67.2 Å². The molecule has 0 aliphatic carbocycles. The van der Waals surface area contributed by atoms with Gasteiger partial charge in [-0.3, -0.25) is 48.1 Å². The van der Waals surface area contributed by atoms with Crippen LogP contribution in [0.3, 0.4) is 0 Å². The van der Waals surface area contributed by atoms with Gasteiger partial charge in [-0.15, -0.1) is 0 Å². The normalized spacial score (nSPS) is 14.7. The van der Waals surface area contributed by atoms with Crippen molar-refractivity contribution < 1.29 is 53.1 Å². The number of aromatic nitrogens is 1. The maximum atomic E-state index is 15.0. The molecule has 10 atom stereocenters. The second-order valence-corrected chi connectivity index (χ2v) is 23.6. The molecule has 480 valence electrons. The Kier molecular flexibility index (Phi) is 29.0. The molecule has 88 heavy (non-hydrogen) atoms. The fourth-order valence-electron chi connectivity index (χ4n) is 9.84. The Balaban J connectivity index is 1.68. The number of carboxylic acid groups (broad SMARTS) is 1. The number of hydrogen-bond acceptors (Lipinski definition) is 12. The number of rotatable bonds is 37. The molecule has 9 amide bonds. The highest BCUT2D eigenvalue weighted by atomic mass is 16.4. The minimum absolute atomic E-state index is 0.0200. The summed E-state index contributed by atoms with van der Waals surface area (Å²) in [7, 11) is 0. The Bertz CT molecular complexity index is 3010. The minimum Gasteiger partial charge on any atom is -0.480 e. The molecule has 1 aromatic heterocycles. The smallest absolute Gasteiger partial charge is 0.326 e. The van der Waals surface area contributed by atoms with Gasteiger partial charge in [0.2, 0.25) is 53.2 Å². The van der Waals surface area contributed by atoms with E-state index in [0.29, 0.717) is 28.5 Å². The lowest BCUT2D eigenvalue weighted by Gasteiger charge is -2.30. The molecule has 3 aromatic carbocycles. The van der Waals surface area contributed by atoms with Gasteiger partial charge in [-0.25, -0.2) is 4.79 Å². The lowest BCUT2D eigenvalue weighted by Crippen LogP contribution is -2.61. The third-order valence-electron chi connectivity index (χ3n) is 14.9. The Morgan fingerprint density at radius 1 is 0.511 bits per heavy atom. The summed E-state index contributed by atoms with van der Waals surface area (Å²) in [4.78, 5) is 147. The zero-order valence-electron chi connectivity index (χ0n) is 51.7. The van der Waals surface area contributed by atoms with Gasteiger partial charge in [-0.05, 0) is 85.0 Å². The van der Waals surface area contributed by atoms with Crippen LogP contribution >= 0.6 is 0 Å². The standard InChI is InChI=1S/C63H92N14O11/c1-9-38(8)53(61(86)75-49(32-40-21-14-11-15-22-40)60(85)76-52(37(6)7)62(87)88)77-56(81)45(25-18-28-68-63(66)67)70-59(84)50(33-41-34-69-44-24-17-16-23-42(41)44)74-55(80)46(26-27-51(65)78)71-57(82)48(30-36(4)5)73-58(83)47(29-35(2)3)72-54(79)43(64)31-39-19-12-10-13-20-39/h10-17,19-24,34-38,43,45-50,52-53,69H,9,18,25-33,64H2,1-8H3,(H2,65,78)(H,70,84)(H,71,82)(H,72,79)(H,73,83)(H,74,80)(H,75,86)(H,76,85)(H,77,81)(H,87,88)(H4,66,67,68)/t38-,43-,45-,46-,47-,48-,49-,50-,52-,53-/m0/s1. The third-order valence-corrected chi connectivity index (χ3v) is 14.9. The summed E-state index contributed by atoms with van der Waals surface area (Å²) >= 11 is 0. The van der Waals surface area contributed by atoms with E-state index < -0.39 is 132 Å². The van der Waals surface area contributed by atoms with Crippen LogP contribution in [0.5, 0.6) is 0 Å². The van der Waals surface area contributed by atoms with Gasteiger partial charge in [-0.1, -0.05) is 141 Å². The highest BCUT2D eigenvalue weighted by molar-refractivity contribution is 5.99. The van der Waals surface area contributed by atoms with Gasteiger partial charge in [-0.2, -0.15) is 0 Å². The van der Waals surface area contributed by atoms with Gasteiger partial charge in [0, 0.05) is 42.9 Å². The largest absolute Gasteiger partial charge is 0.480 e. The number of aromatic amines is 1. The summed E-state index contributed by atoms with van der Waals surface area (Å²) in [6.07, 6.45) is 1.52. The Labute approximate surface area is 514 Å². The van der Waals surface area contributed by atoms with Gasteiger partial charge < -0.3 is 75.6 Å². The van der Waals surface area contributed by atoms with Crippen molar-refractivity contribution in [1.29, 1.82) is 0 Å². The highest BCUT2D eigenvalue weighted by Crippen LogP contribution is 2.21. The van der Waals surface area contributed by atoms with Crippen molar-refractivity contribution in [1.82, 2.24) is 47.5 Å². The summed E-state index contributed by atoms with van der Waals surface area (Å²) in [5, 5.41) is 32.4. The summed E-state index contributed by atoms with van der Waals surface area (Å²) in [6, 6.07) is 13.3. The number of nitrogens with two attached hydrogens (primary N) is 4. The molecule has 25 nitrogen and oxygen atoms in total. The second kappa shape index (κ2) is 35.7. The molecule has 0 spiro atoms. The highest BCUT2D eigenvalue weighted by Gasteiger charge is 2.37. The summed E-state index contributed by atoms with van der Waals surface area (Å²) in [5.74, 6) is -9.93. The van der Waals surface area contributed by atoms with Crippen LogP contribution in [0.15, 0.2) is 96.1 Å². The van der Waals surface area contributed by atoms with E-state index in [4.69, 9.17) is 22.9 Å². The number of primary amides is 1. The lowest BCUT2D eigenvalue weighted by molar-refractivity contribution is -0.143. The average molecular weight is 1220 g/mol. The first-order chi connectivity index (χ1) is 41.7. The van der Waals surface area contributed by atoms with Gasteiger partial charge in [0.15, 0.2) is 5.96 Å². The number of nitrogens with one attached hydrogen (secondary N) is 9.